The molecule has 1 unspecified atom stereocenters. The molecule has 5 atom stereocenters. The van der Waals surface area contributed by atoms with Crippen molar-refractivity contribution in [1.29, 1.82) is 0 Å². The number of aliphatic hydroxyl groups excluding tert-OH is 1. The fraction of sp³-hybridized carbons (Fsp3) is 0.405. The number of hydrogen-bond donors (Lipinski definition) is 1. The minimum Gasteiger partial charge on any atom is -0.405 e. The lowest BCUT2D eigenvalue weighted by molar-refractivity contribution is -0.311. The zero-order valence-corrected chi connectivity index (χ0v) is 27.5. The van der Waals surface area contributed by atoms with Crippen LogP contribution in [0.25, 0.3) is 10.8 Å². The summed E-state index contributed by atoms with van der Waals surface area (Å²) in [6.07, 6.45) is -2.87. The molecule has 7 heteroatoms. The van der Waals surface area contributed by atoms with Gasteiger partial charge in [0.25, 0.3) is 8.32 Å². The molecule has 234 valence electrons. The van der Waals surface area contributed by atoms with Gasteiger partial charge in [-0.2, -0.15) is 0 Å². The third-order valence-electron chi connectivity index (χ3n) is 8.50. The first kappa shape index (κ1) is 32.5. The van der Waals surface area contributed by atoms with Gasteiger partial charge in [-0.05, 0) is 44.2 Å². The zero-order chi connectivity index (χ0) is 31.2. The Morgan fingerprint density at radius 2 is 1.39 bits per heavy atom. The Bertz CT molecular complexity index is 1420. The van der Waals surface area contributed by atoms with Crippen molar-refractivity contribution in [3.8, 4) is 0 Å². The summed E-state index contributed by atoms with van der Waals surface area (Å²) in [6.45, 7) is 9.75. The molecule has 0 aromatic heterocycles. The fourth-order valence-corrected chi connectivity index (χ4v) is 10.9. The normalized spacial score (nSPS) is 22.7. The molecule has 44 heavy (non-hydrogen) atoms. The number of fused-ring (bicyclic) bond motifs is 1. The summed E-state index contributed by atoms with van der Waals surface area (Å²) in [4.78, 5) is 0. The lowest BCUT2D eigenvalue weighted by atomic mass is 9.98. The highest BCUT2D eigenvalue weighted by atomic mass is 28.4. The van der Waals surface area contributed by atoms with E-state index in [1.54, 1.807) is 7.11 Å². The van der Waals surface area contributed by atoms with Crippen LogP contribution in [0, 0.1) is 0 Å². The molecular formula is C37H46O6Si. The quantitative estimate of drug-likeness (QED) is 0.203. The van der Waals surface area contributed by atoms with Gasteiger partial charge in [0.1, 0.15) is 24.4 Å². The molecule has 0 spiro atoms. The van der Waals surface area contributed by atoms with Crippen molar-refractivity contribution in [3.63, 3.8) is 0 Å². The molecule has 0 amide bonds. The summed E-state index contributed by atoms with van der Waals surface area (Å²) in [5.41, 5.74) is 1.03. The third kappa shape index (κ3) is 6.85. The number of hydrogen-bond acceptors (Lipinski definition) is 6. The molecule has 1 fully saturated rings. The maximum absolute atomic E-state index is 11.8. The highest BCUT2D eigenvalue weighted by Crippen LogP contribution is 2.38. The number of methoxy groups -OCH3 is 1. The Morgan fingerprint density at radius 3 is 1.98 bits per heavy atom. The molecule has 1 N–H and O–H groups in total. The summed E-state index contributed by atoms with van der Waals surface area (Å²) >= 11 is 0. The molecule has 0 aliphatic carbocycles. The lowest BCUT2D eigenvalue weighted by Gasteiger charge is -2.47. The van der Waals surface area contributed by atoms with Gasteiger partial charge in [-0.15, -0.1) is 0 Å². The third-order valence-corrected chi connectivity index (χ3v) is 13.5. The molecule has 0 bridgehead atoms. The largest absolute Gasteiger partial charge is 0.405 e. The molecule has 4 aromatic rings. The Hall–Kier alpha value is -2.88. The topological polar surface area (TPSA) is 66.4 Å². The second kappa shape index (κ2) is 14.5. The van der Waals surface area contributed by atoms with E-state index in [0.717, 1.165) is 17.4 Å². The summed E-state index contributed by atoms with van der Waals surface area (Å²) in [5.74, 6) is 0. The summed E-state index contributed by atoms with van der Waals surface area (Å²) in [5, 5.41) is 16.2. The molecule has 5 rings (SSSR count). The summed E-state index contributed by atoms with van der Waals surface area (Å²) in [6, 6.07) is 35.5. The standard InChI is InChI=1S/C37H46O6Si/c1-6-23-40-34-33(38)32(43-36(39-5)35(34)41-25-27-21-22-28-15-13-14-16-29(28)24-27)26-42-44(37(2,3)4,30-17-9-7-10-18-30)31-19-11-8-12-20-31/h7-22,24,32-36,38H,6,23,25-26H2,1-5H3/t32-,33-,34+,35-,36?/m1/s1. The van der Waals surface area contributed by atoms with Gasteiger partial charge in [-0.25, -0.2) is 0 Å². The maximum atomic E-state index is 11.8. The van der Waals surface area contributed by atoms with Crippen molar-refractivity contribution < 1.29 is 28.5 Å². The van der Waals surface area contributed by atoms with Crippen molar-refractivity contribution in [2.24, 2.45) is 0 Å². The molecule has 4 aromatic carbocycles. The second-order valence-electron chi connectivity index (χ2n) is 12.5. The number of aliphatic hydroxyl groups is 1. The van der Waals surface area contributed by atoms with E-state index in [9.17, 15) is 5.11 Å². The van der Waals surface area contributed by atoms with Crippen molar-refractivity contribution in [2.45, 2.75) is 76.5 Å². The van der Waals surface area contributed by atoms with Crippen LogP contribution in [0.4, 0.5) is 0 Å². The van der Waals surface area contributed by atoms with Gasteiger partial charge in [-0.3, -0.25) is 0 Å². The summed E-state index contributed by atoms with van der Waals surface area (Å²) < 4.78 is 32.1. The Balaban J connectivity index is 1.40. The molecule has 1 aliphatic heterocycles. The SMILES string of the molecule is CCCO[C@H]1[C@H](O)[C@@H](CO[Si](c2ccccc2)(c2ccccc2)C(C)(C)C)OC(OC)[C@@H]1OCc1ccc2ccccc2c1. The van der Waals surface area contributed by atoms with Crippen LogP contribution in [0.1, 0.15) is 39.7 Å². The van der Waals surface area contributed by atoms with Crippen LogP contribution >= 0.6 is 0 Å². The van der Waals surface area contributed by atoms with E-state index >= 15 is 0 Å². The van der Waals surface area contributed by atoms with E-state index < -0.39 is 39.0 Å². The number of rotatable bonds is 12. The zero-order valence-electron chi connectivity index (χ0n) is 26.5. The highest BCUT2D eigenvalue weighted by Gasteiger charge is 2.53. The van der Waals surface area contributed by atoms with Crippen LogP contribution in [-0.2, 0) is 30.0 Å². The van der Waals surface area contributed by atoms with Crippen molar-refractivity contribution in [1.82, 2.24) is 0 Å². The van der Waals surface area contributed by atoms with Gasteiger partial charge in [0.15, 0.2) is 6.29 Å². The monoisotopic (exact) mass is 614 g/mol. The van der Waals surface area contributed by atoms with Gasteiger partial charge in [0, 0.05) is 13.7 Å². The number of ether oxygens (including phenoxy) is 4. The Morgan fingerprint density at radius 1 is 0.773 bits per heavy atom. The second-order valence-corrected chi connectivity index (χ2v) is 16.8. The average molecular weight is 615 g/mol. The van der Waals surface area contributed by atoms with E-state index in [4.69, 9.17) is 23.4 Å². The average Bonchev–Trinajstić information content (AvgIpc) is 3.04. The van der Waals surface area contributed by atoms with E-state index in [-0.39, 0.29) is 11.6 Å². The first-order chi connectivity index (χ1) is 21.3. The van der Waals surface area contributed by atoms with Gasteiger partial charge < -0.3 is 28.5 Å². The number of benzene rings is 4. The molecule has 1 saturated heterocycles. The minimum atomic E-state index is -2.85. The van der Waals surface area contributed by atoms with Crippen LogP contribution in [0.5, 0.6) is 0 Å². The van der Waals surface area contributed by atoms with E-state index in [1.165, 1.54) is 15.8 Å². The molecule has 1 heterocycles. The predicted octanol–water partition coefficient (Wildman–Crippen LogP) is 5.83. The van der Waals surface area contributed by atoms with Crippen molar-refractivity contribution in [3.05, 3.63) is 109 Å². The lowest BCUT2D eigenvalue weighted by Crippen LogP contribution is -2.68. The predicted molar refractivity (Wildman–Crippen MR) is 178 cm³/mol. The van der Waals surface area contributed by atoms with Crippen molar-refractivity contribution in [2.75, 3.05) is 20.3 Å². The summed E-state index contributed by atoms with van der Waals surface area (Å²) in [7, 11) is -1.24. The smallest absolute Gasteiger partial charge is 0.261 e. The maximum Gasteiger partial charge on any atom is 0.261 e. The van der Waals surface area contributed by atoms with Crippen LogP contribution in [0.3, 0.4) is 0 Å². The van der Waals surface area contributed by atoms with Gasteiger partial charge >= 0.3 is 0 Å². The van der Waals surface area contributed by atoms with E-state index in [2.05, 4.69) is 99.6 Å². The molecule has 0 radical (unpaired) electrons. The van der Waals surface area contributed by atoms with E-state index in [1.807, 2.05) is 31.2 Å². The molecule has 1 aliphatic rings. The van der Waals surface area contributed by atoms with Crippen LogP contribution in [0.15, 0.2) is 103 Å². The van der Waals surface area contributed by atoms with Gasteiger partial charge in [0.2, 0.25) is 0 Å². The molecular weight excluding hydrogens is 568 g/mol. The fourth-order valence-electron chi connectivity index (χ4n) is 6.33. The van der Waals surface area contributed by atoms with Gasteiger partial charge in [-0.1, -0.05) is 125 Å². The van der Waals surface area contributed by atoms with E-state index in [0.29, 0.717) is 13.2 Å². The van der Waals surface area contributed by atoms with Crippen LogP contribution in [-0.4, -0.2) is 64.5 Å². The van der Waals surface area contributed by atoms with Gasteiger partial charge in [0.05, 0.1) is 13.2 Å². The van der Waals surface area contributed by atoms with Crippen molar-refractivity contribution >= 4 is 29.5 Å². The molecule has 6 nitrogen and oxygen atoms in total. The van der Waals surface area contributed by atoms with Crippen LogP contribution < -0.4 is 10.4 Å². The first-order valence-electron chi connectivity index (χ1n) is 15.6. The van der Waals surface area contributed by atoms with Crippen LogP contribution in [0.2, 0.25) is 5.04 Å². The first-order valence-corrected chi connectivity index (χ1v) is 17.5. The minimum absolute atomic E-state index is 0.178. The molecule has 0 saturated carbocycles. The Labute approximate surface area is 263 Å². The Kier molecular flexibility index (Phi) is 10.7. The highest BCUT2D eigenvalue weighted by molar-refractivity contribution is 6.99.